The smallest absolute Gasteiger partial charge is 0.152 e. The van der Waals surface area contributed by atoms with Crippen molar-refractivity contribution in [3.63, 3.8) is 0 Å². The van der Waals surface area contributed by atoms with E-state index in [2.05, 4.69) is 41.6 Å². The first-order valence-corrected chi connectivity index (χ1v) is 7.45. The molecule has 0 fully saturated rings. The molecule has 0 aliphatic heterocycles. The molecule has 3 heteroatoms. The number of carbonyl (C=O) groups is 1. The molecule has 0 saturated heterocycles. The minimum atomic E-state index is 0.688. The standard InChI is InChI=1S/C15H22BrNO/c1-4-12(5-2)10-17(6-3)15-8-7-14(16)9-13(15)11-18/h7-9,11-12H,4-6,10H2,1-3H3. The Bertz CT molecular complexity index is 388. The minimum Gasteiger partial charge on any atom is -0.371 e. The van der Waals surface area contributed by atoms with E-state index >= 15 is 0 Å². The Kier molecular flexibility index (Phi) is 6.41. The zero-order valence-electron chi connectivity index (χ0n) is 11.4. The molecule has 0 aromatic heterocycles. The summed E-state index contributed by atoms with van der Waals surface area (Å²) in [4.78, 5) is 13.5. The lowest BCUT2D eigenvalue weighted by Gasteiger charge is -2.28. The highest BCUT2D eigenvalue weighted by Gasteiger charge is 2.13. The molecule has 0 amide bonds. The maximum atomic E-state index is 11.2. The SMILES string of the molecule is CCC(CC)CN(CC)c1ccc(Br)cc1C=O. The van der Waals surface area contributed by atoms with Crippen LogP contribution in [-0.2, 0) is 0 Å². The molecule has 0 aliphatic carbocycles. The molecule has 100 valence electrons. The molecule has 0 N–H and O–H groups in total. The molecule has 0 saturated carbocycles. The summed E-state index contributed by atoms with van der Waals surface area (Å²) >= 11 is 3.41. The van der Waals surface area contributed by atoms with Crippen LogP contribution in [0.4, 0.5) is 5.69 Å². The number of carbonyl (C=O) groups excluding carboxylic acids is 1. The Morgan fingerprint density at radius 3 is 2.44 bits per heavy atom. The minimum absolute atomic E-state index is 0.688. The molecule has 1 rings (SSSR count). The van der Waals surface area contributed by atoms with Crippen LogP contribution < -0.4 is 4.90 Å². The van der Waals surface area contributed by atoms with Crippen LogP contribution in [0.1, 0.15) is 44.0 Å². The summed E-state index contributed by atoms with van der Waals surface area (Å²) in [5.74, 6) is 0.688. The van der Waals surface area contributed by atoms with Crippen LogP contribution in [0.3, 0.4) is 0 Å². The Morgan fingerprint density at radius 1 is 1.28 bits per heavy atom. The van der Waals surface area contributed by atoms with Gasteiger partial charge in [0.25, 0.3) is 0 Å². The van der Waals surface area contributed by atoms with Crippen molar-refractivity contribution < 1.29 is 4.79 Å². The topological polar surface area (TPSA) is 20.3 Å². The third-order valence-electron chi connectivity index (χ3n) is 3.47. The molecule has 2 nitrogen and oxygen atoms in total. The van der Waals surface area contributed by atoms with Crippen molar-refractivity contribution in [2.24, 2.45) is 5.92 Å². The van der Waals surface area contributed by atoms with Gasteiger partial charge in [-0.05, 0) is 31.0 Å². The monoisotopic (exact) mass is 311 g/mol. The predicted molar refractivity (Wildman–Crippen MR) is 81.5 cm³/mol. The van der Waals surface area contributed by atoms with Crippen molar-refractivity contribution in [3.8, 4) is 0 Å². The van der Waals surface area contributed by atoms with Gasteiger partial charge >= 0.3 is 0 Å². The van der Waals surface area contributed by atoms with Crippen LogP contribution in [0.15, 0.2) is 22.7 Å². The Balaban J connectivity index is 2.97. The number of rotatable bonds is 7. The van der Waals surface area contributed by atoms with Crippen molar-refractivity contribution in [1.29, 1.82) is 0 Å². The predicted octanol–water partition coefficient (Wildman–Crippen LogP) is 4.52. The molecule has 0 bridgehead atoms. The summed E-state index contributed by atoms with van der Waals surface area (Å²) in [6.45, 7) is 8.54. The van der Waals surface area contributed by atoms with Crippen molar-refractivity contribution in [2.75, 3.05) is 18.0 Å². The molecule has 0 atom stereocenters. The van der Waals surface area contributed by atoms with Crippen molar-refractivity contribution in [1.82, 2.24) is 0 Å². The van der Waals surface area contributed by atoms with Gasteiger partial charge in [0.05, 0.1) is 0 Å². The second-order valence-electron chi connectivity index (χ2n) is 4.54. The van der Waals surface area contributed by atoms with E-state index in [0.29, 0.717) is 5.92 Å². The lowest BCUT2D eigenvalue weighted by molar-refractivity contribution is 0.112. The number of benzene rings is 1. The van der Waals surface area contributed by atoms with Gasteiger partial charge in [0, 0.05) is 28.8 Å². The first kappa shape index (κ1) is 15.2. The van der Waals surface area contributed by atoms with Crippen LogP contribution in [0.25, 0.3) is 0 Å². The molecule has 1 aromatic rings. The summed E-state index contributed by atoms with van der Waals surface area (Å²) in [5.41, 5.74) is 1.81. The number of anilines is 1. The van der Waals surface area contributed by atoms with Crippen LogP contribution in [0.2, 0.25) is 0 Å². The lowest BCUT2D eigenvalue weighted by atomic mass is 10.0. The third kappa shape index (κ3) is 3.84. The van der Waals surface area contributed by atoms with E-state index in [1.54, 1.807) is 0 Å². The summed E-state index contributed by atoms with van der Waals surface area (Å²) in [5, 5.41) is 0. The van der Waals surface area contributed by atoms with Crippen LogP contribution >= 0.6 is 15.9 Å². The number of aldehydes is 1. The van der Waals surface area contributed by atoms with E-state index < -0.39 is 0 Å². The average Bonchev–Trinajstić information content (AvgIpc) is 2.41. The van der Waals surface area contributed by atoms with Gasteiger partial charge in [-0.25, -0.2) is 0 Å². The lowest BCUT2D eigenvalue weighted by Crippen LogP contribution is -2.29. The van der Waals surface area contributed by atoms with E-state index in [1.807, 2.05) is 18.2 Å². The Labute approximate surface area is 119 Å². The fourth-order valence-electron chi connectivity index (χ4n) is 2.16. The van der Waals surface area contributed by atoms with Gasteiger partial charge in [-0.2, -0.15) is 0 Å². The average molecular weight is 312 g/mol. The molecule has 0 aliphatic rings. The summed E-state index contributed by atoms with van der Waals surface area (Å²) in [6.07, 6.45) is 3.30. The Morgan fingerprint density at radius 2 is 1.94 bits per heavy atom. The van der Waals surface area contributed by atoms with Gasteiger partial charge < -0.3 is 4.90 Å². The van der Waals surface area contributed by atoms with E-state index in [9.17, 15) is 4.79 Å². The van der Waals surface area contributed by atoms with E-state index in [0.717, 1.165) is 35.1 Å². The molecule has 0 spiro atoms. The fraction of sp³-hybridized carbons (Fsp3) is 0.533. The Hall–Kier alpha value is -0.830. The van der Waals surface area contributed by atoms with Crippen LogP contribution in [0, 0.1) is 5.92 Å². The highest BCUT2D eigenvalue weighted by Crippen LogP contribution is 2.25. The van der Waals surface area contributed by atoms with E-state index in [-0.39, 0.29) is 0 Å². The van der Waals surface area contributed by atoms with Gasteiger partial charge in [0.2, 0.25) is 0 Å². The molecule has 0 unspecified atom stereocenters. The van der Waals surface area contributed by atoms with Gasteiger partial charge in [-0.1, -0.05) is 42.6 Å². The van der Waals surface area contributed by atoms with Gasteiger partial charge in [0.15, 0.2) is 6.29 Å². The molecule has 0 radical (unpaired) electrons. The van der Waals surface area contributed by atoms with Gasteiger partial charge in [0.1, 0.15) is 0 Å². The highest BCUT2D eigenvalue weighted by molar-refractivity contribution is 9.10. The summed E-state index contributed by atoms with van der Waals surface area (Å²) in [6, 6.07) is 5.91. The van der Waals surface area contributed by atoms with Gasteiger partial charge in [-0.3, -0.25) is 4.79 Å². The molecule has 1 aromatic carbocycles. The summed E-state index contributed by atoms with van der Waals surface area (Å²) in [7, 11) is 0. The normalized spacial score (nSPS) is 10.7. The number of hydrogen-bond donors (Lipinski definition) is 0. The highest BCUT2D eigenvalue weighted by atomic mass is 79.9. The number of halogens is 1. The van der Waals surface area contributed by atoms with Crippen molar-refractivity contribution >= 4 is 27.9 Å². The second kappa shape index (κ2) is 7.57. The largest absolute Gasteiger partial charge is 0.371 e. The molecule has 18 heavy (non-hydrogen) atoms. The molecule has 0 heterocycles. The van der Waals surface area contributed by atoms with Crippen molar-refractivity contribution in [3.05, 3.63) is 28.2 Å². The quantitative estimate of drug-likeness (QED) is 0.690. The van der Waals surface area contributed by atoms with Crippen LogP contribution in [-0.4, -0.2) is 19.4 Å². The first-order valence-electron chi connectivity index (χ1n) is 6.65. The zero-order chi connectivity index (χ0) is 13.5. The molecular formula is C15H22BrNO. The second-order valence-corrected chi connectivity index (χ2v) is 5.46. The molecular weight excluding hydrogens is 290 g/mol. The zero-order valence-corrected chi connectivity index (χ0v) is 13.0. The van der Waals surface area contributed by atoms with E-state index in [1.165, 1.54) is 12.8 Å². The maximum absolute atomic E-state index is 11.2. The summed E-state index contributed by atoms with van der Waals surface area (Å²) < 4.78 is 0.951. The van der Waals surface area contributed by atoms with Crippen molar-refractivity contribution in [2.45, 2.75) is 33.6 Å². The maximum Gasteiger partial charge on any atom is 0.152 e. The number of nitrogens with zero attached hydrogens (tertiary/aromatic N) is 1. The number of hydrogen-bond acceptors (Lipinski definition) is 2. The fourth-order valence-corrected chi connectivity index (χ4v) is 2.54. The van der Waals surface area contributed by atoms with Gasteiger partial charge in [-0.15, -0.1) is 0 Å². The third-order valence-corrected chi connectivity index (χ3v) is 3.97. The van der Waals surface area contributed by atoms with E-state index in [4.69, 9.17) is 0 Å². The van der Waals surface area contributed by atoms with Crippen LogP contribution in [0.5, 0.6) is 0 Å². The first-order chi connectivity index (χ1) is 8.65.